The molecule has 2 N–H and O–H groups in total. The van der Waals surface area contributed by atoms with Gasteiger partial charge >= 0.3 is 0 Å². The van der Waals surface area contributed by atoms with Gasteiger partial charge in [-0.2, -0.15) is 0 Å². The molecule has 0 bridgehead atoms. The molecular weight excluding hydrogens is 526 g/mol. The summed E-state index contributed by atoms with van der Waals surface area (Å²) in [5.41, 5.74) is 4.65. The molecule has 6 aromatic rings. The quantitative estimate of drug-likeness (QED) is 0.229. The number of benzene rings is 3. The Balaban J connectivity index is 1.38. The van der Waals surface area contributed by atoms with Gasteiger partial charge in [0.15, 0.2) is 5.82 Å². The first kappa shape index (κ1) is 26.9. The molecule has 1 amide bonds. The fraction of sp³-hybridized carbons (Fsp3) is 0.182. The van der Waals surface area contributed by atoms with Crippen molar-refractivity contribution in [2.45, 2.75) is 31.8 Å². The van der Waals surface area contributed by atoms with E-state index in [0.29, 0.717) is 25.2 Å². The van der Waals surface area contributed by atoms with Crippen LogP contribution in [0.15, 0.2) is 104 Å². The van der Waals surface area contributed by atoms with Crippen molar-refractivity contribution in [2.24, 2.45) is 0 Å². The number of H-pyrrole nitrogens is 1. The number of nitrogens with zero attached hydrogens (tertiary/aromatic N) is 5. The van der Waals surface area contributed by atoms with Crippen molar-refractivity contribution >= 4 is 16.8 Å². The average Bonchev–Trinajstić information content (AvgIpc) is 3.64. The number of ether oxygens (including phenoxy) is 1. The van der Waals surface area contributed by atoms with Gasteiger partial charge in [0, 0.05) is 42.3 Å². The number of amides is 1. The zero-order chi connectivity index (χ0) is 28.7. The Morgan fingerprint density at radius 2 is 1.74 bits per heavy atom. The zero-order valence-corrected chi connectivity index (χ0v) is 23.3. The first-order valence-corrected chi connectivity index (χ1v) is 13.9. The fourth-order valence-corrected chi connectivity index (χ4v) is 5.15. The molecule has 0 saturated carbocycles. The van der Waals surface area contributed by atoms with E-state index in [0.717, 1.165) is 40.0 Å². The van der Waals surface area contributed by atoms with E-state index in [1.807, 2.05) is 66.9 Å². The number of aromatic nitrogens is 6. The van der Waals surface area contributed by atoms with Crippen molar-refractivity contribution in [3.63, 3.8) is 0 Å². The molecule has 0 aliphatic carbocycles. The van der Waals surface area contributed by atoms with E-state index < -0.39 is 6.04 Å². The maximum Gasteiger partial charge on any atom is 0.272 e. The van der Waals surface area contributed by atoms with E-state index in [-0.39, 0.29) is 11.6 Å². The molecule has 210 valence electrons. The molecule has 0 aliphatic heterocycles. The Morgan fingerprint density at radius 3 is 2.52 bits per heavy atom. The Labute approximate surface area is 243 Å². The minimum absolute atomic E-state index is 0.243. The molecule has 6 rings (SSSR count). The van der Waals surface area contributed by atoms with Crippen LogP contribution >= 0.6 is 0 Å². The first-order chi connectivity index (χ1) is 20.7. The topological polar surface area (TPSA) is 111 Å². The number of hydrogen-bond donors (Lipinski definition) is 2. The van der Waals surface area contributed by atoms with Gasteiger partial charge in [-0.15, -0.1) is 10.2 Å². The number of methoxy groups -OCH3 is 1. The van der Waals surface area contributed by atoms with Crippen molar-refractivity contribution in [1.29, 1.82) is 0 Å². The highest BCUT2D eigenvalue weighted by atomic mass is 16.5. The van der Waals surface area contributed by atoms with Crippen LogP contribution in [-0.2, 0) is 25.8 Å². The average molecular weight is 558 g/mol. The lowest BCUT2D eigenvalue weighted by atomic mass is 10.0. The number of fused-ring (bicyclic) bond motifs is 1. The predicted molar refractivity (Wildman–Crippen MR) is 160 cm³/mol. The predicted octanol–water partition coefficient (Wildman–Crippen LogP) is 5.11. The molecule has 0 radical (unpaired) electrons. The maximum atomic E-state index is 13.4. The van der Waals surface area contributed by atoms with Crippen molar-refractivity contribution in [3.05, 3.63) is 138 Å². The minimum atomic E-state index is -0.477. The van der Waals surface area contributed by atoms with Crippen LogP contribution in [0.1, 0.15) is 44.9 Å². The summed E-state index contributed by atoms with van der Waals surface area (Å²) in [5, 5.41) is 13.6. The Morgan fingerprint density at radius 1 is 0.929 bits per heavy atom. The standard InChI is InChI=1S/C33H31N7O2/c1-42-26-14-11-24(12-15-26)22-40-31(16-13-23-7-3-2-4-8-23)38-39-32(40)29(37-33(41)30-21-34-17-18-35-30)19-25-20-36-28-10-6-5-9-27(25)28/h2-12,14-15,17-18,20-21,29,36H,13,16,19,22H2,1H3,(H,37,41). The molecule has 1 atom stereocenters. The van der Waals surface area contributed by atoms with Gasteiger partial charge in [0.1, 0.15) is 17.3 Å². The third kappa shape index (κ3) is 6.05. The molecule has 3 heterocycles. The van der Waals surface area contributed by atoms with Crippen LogP contribution in [0.25, 0.3) is 10.9 Å². The summed E-state index contributed by atoms with van der Waals surface area (Å²) < 4.78 is 7.49. The van der Waals surface area contributed by atoms with Gasteiger partial charge in [-0.1, -0.05) is 60.7 Å². The highest BCUT2D eigenvalue weighted by Gasteiger charge is 2.26. The molecular formula is C33H31N7O2. The maximum absolute atomic E-state index is 13.4. The van der Waals surface area contributed by atoms with Crippen molar-refractivity contribution in [2.75, 3.05) is 7.11 Å². The van der Waals surface area contributed by atoms with E-state index in [1.54, 1.807) is 13.3 Å². The second-order valence-electron chi connectivity index (χ2n) is 10.1. The summed E-state index contributed by atoms with van der Waals surface area (Å²) in [6.07, 6.45) is 8.54. The van der Waals surface area contributed by atoms with Crippen molar-refractivity contribution in [3.8, 4) is 5.75 Å². The monoisotopic (exact) mass is 557 g/mol. The lowest BCUT2D eigenvalue weighted by Crippen LogP contribution is -2.33. The fourth-order valence-electron chi connectivity index (χ4n) is 5.15. The first-order valence-electron chi connectivity index (χ1n) is 13.9. The van der Waals surface area contributed by atoms with Gasteiger partial charge in [-0.05, 0) is 41.3 Å². The highest BCUT2D eigenvalue weighted by Crippen LogP contribution is 2.26. The lowest BCUT2D eigenvalue weighted by Gasteiger charge is -2.20. The Bertz CT molecular complexity index is 1760. The normalized spacial score (nSPS) is 11.8. The van der Waals surface area contributed by atoms with Crippen LogP contribution in [0.2, 0.25) is 0 Å². The number of para-hydroxylation sites is 1. The third-order valence-electron chi connectivity index (χ3n) is 7.35. The molecule has 0 fully saturated rings. The summed E-state index contributed by atoms with van der Waals surface area (Å²) in [6.45, 7) is 0.544. The summed E-state index contributed by atoms with van der Waals surface area (Å²) in [4.78, 5) is 25.0. The van der Waals surface area contributed by atoms with Gasteiger partial charge in [0.25, 0.3) is 5.91 Å². The number of hydrogen-bond acceptors (Lipinski definition) is 6. The SMILES string of the molecule is COc1ccc(Cn2c(CCc3ccccc3)nnc2C(Cc2c[nH]c3ccccc23)NC(=O)c2cnccn2)cc1. The second kappa shape index (κ2) is 12.5. The smallest absolute Gasteiger partial charge is 0.272 e. The summed E-state index contributed by atoms with van der Waals surface area (Å²) in [7, 11) is 1.66. The van der Waals surface area contributed by atoms with Crippen LogP contribution in [0.4, 0.5) is 0 Å². The van der Waals surface area contributed by atoms with Gasteiger partial charge in [0.05, 0.1) is 25.9 Å². The van der Waals surface area contributed by atoms with E-state index in [2.05, 4.69) is 48.1 Å². The molecule has 42 heavy (non-hydrogen) atoms. The summed E-state index contributed by atoms with van der Waals surface area (Å²) >= 11 is 0. The number of aryl methyl sites for hydroxylation is 2. The molecule has 3 aromatic carbocycles. The number of nitrogens with one attached hydrogen (secondary N) is 2. The van der Waals surface area contributed by atoms with Crippen LogP contribution in [0.3, 0.4) is 0 Å². The summed E-state index contributed by atoms with van der Waals surface area (Å²) in [6, 6.07) is 26.0. The van der Waals surface area contributed by atoms with E-state index in [1.165, 1.54) is 18.0 Å². The molecule has 0 aliphatic rings. The largest absolute Gasteiger partial charge is 0.497 e. The lowest BCUT2D eigenvalue weighted by molar-refractivity contribution is 0.0928. The molecule has 1 unspecified atom stereocenters. The number of carbonyl (C=O) groups excluding carboxylic acids is 1. The highest BCUT2D eigenvalue weighted by molar-refractivity contribution is 5.92. The Hall–Kier alpha value is -5.31. The van der Waals surface area contributed by atoms with Crippen LogP contribution in [0, 0.1) is 0 Å². The van der Waals surface area contributed by atoms with Crippen LogP contribution in [-0.4, -0.2) is 42.7 Å². The van der Waals surface area contributed by atoms with Gasteiger partial charge < -0.3 is 19.6 Å². The molecule has 9 heteroatoms. The number of aromatic amines is 1. The zero-order valence-electron chi connectivity index (χ0n) is 23.3. The molecule has 0 spiro atoms. The Kier molecular flexibility index (Phi) is 7.98. The number of rotatable bonds is 11. The molecule has 3 aromatic heterocycles. The molecule has 0 saturated heterocycles. The molecule has 9 nitrogen and oxygen atoms in total. The summed E-state index contributed by atoms with van der Waals surface area (Å²) in [5.74, 6) is 2.00. The van der Waals surface area contributed by atoms with Crippen molar-refractivity contribution < 1.29 is 9.53 Å². The third-order valence-corrected chi connectivity index (χ3v) is 7.35. The van der Waals surface area contributed by atoms with Crippen molar-refractivity contribution in [1.82, 2.24) is 35.0 Å². The van der Waals surface area contributed by atoms with Gasteiger partial charge in [-0.3, -0.25) is 9.78 Å². The van der Waals surface area contributed by atoms with Gasteiger partial charge in [0.2, 0.25) is 0 Å². The van der Waals surface area contributed by atoms with Crippen LogP contribution < -0.4 is 10.1 Å². The van der Waals surface area contributed by atoms with Crippen LogP contribution in [0.5, 0.6) is 5.75 Å². The number of carbonyl (C=O) groups is 1. The second-order valence-corrected chi connectivity index (χ2v) is 10.1. The van der Waals surface area contributed by atoms with E-state index in [9.17, 15) is 4.79 Å². The van der Waals surface area contributed by atoms with E-state index in [4.69, 9.17) is 9.84 Å². The van der Waals surface area contributed by atoms with Gasteiger partial charge in [-0.25, -0.2) is 4.98 Å². The van der Waals surface area contributed by atoms with E-state index >= 15 is 0 Å². The minimum Gasteiger partial charge on any atom is -0.497 e.